The maximum atomic E-state index is 13.7. The maximum Gasteiger partial charge on any atom is 0.123 e. The zero-order chi connectivity index (χ0) is 20.5. The molecule has 0 spiro atoms. The van der Waals surface area contributed by atoms with E-state index in [-0.39, 0.29) is 11.6 Å². The number of rotatable bonds is 3. The summed E-state index contributed by atoms with van der Waals surface area (Å²) < 4.78 is 27.4. The first-order valence-corrected chi connectivity index (χ1v) is 9.84. The fraction of sp³-hybridized carbons (Fsp3) is 0. The van der Waals surface area contributed by atoms with Crippen LogP contribution in [0.15, 0.2) is 109 Å². The first kappa shape index (κ1) is 18.3. The first-order chi connectivity index (χ1) is 14.7. The standard InChI is InChI=1S/C28H18F2/c29-23-14-10-20(11-15-23)27-25-9-5-4-8-22(25)18-26(19-6-2-1-3-7-19)28(27)21-12-16-24(30)17-13-21/h1-18H. The van der Waals surface area contributed by atoms with Crippen LogP contribution in [0.1, 0.15) is 0 Å². The third kappa shape index (κ3) is 3.27. The Labute approximate surface area is 174 Å². The predicted molar refractivity (Wildman–Crippen MR) is 120 cm³/mol. The average Bonchev–Trinajstić information content (AvgIpc) is 2.80. The molecule has 5 aromatic rings. The van der Waals surface area contributed by atoms with Gasteiger partial charge in [0.25, 0.3) is 0 Å². The van der Waals surface area contributed by atoms with Crippen molar-refractivity contribution in [1.29, 1.82) is 0 Å². The van der Waals surface area contributed by atoms with E-state index in [1.54, 1.807) is 24.3 Å². The minimum absolute atomic E-state index is 0.273. The molecule has 0 saturated carbocycles. The molecule has 0 radical (unpaired) electrons. The van der Waals surface area contributed by atoms with Gasteiger partial charge < -0.3 is 0 Å². The highest BCUT2D eigenvalue weighted by atomic mass is 19.1. The van der Waals surface area contributed by atoms with E-state index in [2.05, 4.69) is 30.3 Å². The third-order valence-electron chi connectivity index (χ3n) is 5.40. The van der Waals surface area contributed by atoms with Crippen LogP contribution in [-0.2, 0) is 0 Å². The van der Waals surface area contributed by atoms with E-state index in [9.17, 15) is 8.78 Å². The molecule has 0 amide bonds. The maximum absolute atomic E-state index is 13.7. The zero-order valence-corrected chi connectivity index (χ0v) is 16.1. The SMILES string of the molecule is Fc1ccc(-c2c(-c3ccccc3)cc3ccccc3c2-c2ccc(F)cc2)cc1. The van der Waals surface area contributed by atoms with Crippen LogP contribution in [0.2, 0.25) is 0 Å². The van der Waals surface area contributed by atoms with Crippen molar-refractivity contribution in [2.45, 2.75) is 0 Å². The molecule has 0 atom stereocenters. The quantitative estimate of drug-likeness (QED) is 0.291. The first-order valence-electron chi connectivity index (χ1n) is 9.84. The molecule has 0 aliphatic heterocycles. The van der Waals surface area contributed by atoms with Crippen molar-refractivity contribution in [2.24, 2.45) is 0 Å². The van der Waals surface area contributed by atoms with Gasteiger partial charge in [-0.25, -0.2) is 8.78 Å². The van der Waals surface area contributed by atoms with Gasteiger partial charge in [-0.05, 0) is 74.5 Å². The summed E-state index contributed by atoms with van der Waals surface area (Å²) in [6.45, 7) is 0. The van der Waals surface area contributed by atoms with Crippen LogP contribution in [0.25, 0.3) is 44.2 Å². The van der Waals surface area contributed by atoms with E-state index in [0.29, 0.717) is 0 Å². The molecule has 0 aliphatic rings. The lowest BCUT2D eigenvalue weighted by Gasteiger charge is -2.19. The zero-order valence-electron chi connectivity index (χ0n) is 16.1. The Bertz CT molecular complexity index is 1320. The molecular weight excluding hydrogens is 374 g/mol. The second-order valence-corrected chi connectivity index (χ2v) is 7.28. The average molecular weight is 392 g/mol. The Kier molecular flexibility index (Phi) is 4.61. The van der Waals surface area contributed by atoms with Crippen molar-refractivity contribution in [3.05, 3.63) is 121 Å². The summed E-state index contributed by atoms with van der Waals surface area (Å²) in [5.41, 5.74) is 5.99. The van der Waals surface area contributed by atoms with Gasteiger partial charge in [-0.3, -0.25) is 0 Å². The molecule has 0 bridgehead atoms. The smallest absolute Gasteiger partial charge is 0.123 e. The van der Waals surface area contributed by atoms with Crippen molar-refractivity contribution in [2.75, 3.05) is 0 Å². The summed E-state index contributed by atoms with van der Waals surface area (Å²) in [5.74, 6) is -0.547. The van der Waals surface area contributed by atoms with Crippen LogP contribution in [0.5, 0.6) is 0 Å². The van der Waals surface area contributed by atoms with Gasteiger partial charge in [-0.2, -0.15) is 0 Å². The molecule has 30 heavy (non-hydrogen) atoms. The minimum Gasteiger partial charge on any atom is -0.207 e. The van der Waals surface area contributed by atoms with Crippen LogP contribution in [0.3, 0.4) is 0 Å². The van der Waals surface area contributed by atoms with E-state index in [0.717, 1.165) is 44.2 Å². The lowest BCUT2D eigenvalue weighted by Crippen LogP contribution is -1.93. The molecule has 0 heterocycles. The number of hydrogen-bond acceptors (Lipinski definition) is 0. The highest BCUT2D eigenvalue weighted by Crippen LogP contribution is 2.44. The summed E-state index contributed by atoms with van der Waals surface area (Å²) in [5, 5.41) is 2.17. The highest BCUT2D eigenvalue weighted by Gasteiger charge is 2.18. The lowest BCUT2D eigenvalue weighted by atomic mass is 9.84. The van der Waals surface area contributed by atoms with Gasteiger partial charge in [0.15, 0.2) is 0 Å². The summed E-state index contributed by atoms with van der Waals surface area (Å²) in [4.78, 5) is 0. The Hall–Kier alpha value is -3.78. The van der Waals surface area contributed by atoms with E-state index < -0.39 is 0 Å². The molecule has 5 rings (SSSR count). The minimum atomic E-state index is -0.274. The normalized spacial score (nSPS) is 11.0. The lowest BCUT2D eigenvalue weighted by molar-refractivity contribution is 0.627. The van der Waals surface area contributed by atoms with Gasteiger partial charge in [0.2, 0.25) is 0 Å². The molecule has 2 heteroatoms. The number of hydrogen-bond donors (Lipinski definition) is 0. The van der Waals surface area contributed by atoms with Crippen molar-refractivity contribution in [1.82, 2.24) is 0 Å². The largest absolute Gasteiger partial charge is 0.207 e. The van der Waals surface area contributed by atoms with Crippen molar-refractivity contribution >= 4 is 10.8 Å². The Balaban J connectivity index is 1.95. The van der Waals surface area contributed by atoms with Gasteiger partial charge >= 0.3 is 0 Å². The van der Waals surface area contributed by atoms with Gasteiger partial charge in [0, 0.05) is 0 Å². The summed E-state index contributed by atoms with van der Waals surface area (Å²) in [7, 11) is 0. The van der Waals surface area contributed by atoms with Gasteiger partial charge in [-0.15, -0.1) is 0 Å². The molecule has 0 aliphatic carbocycles. The monoisotopic (exact) mass is 392 g/mol. The third-order valence-corrected chi connectivity index (χ3v) is 5.40. The summed E-state index contributed by atoms with van der Waals surface area (Å²) in [6.07, 6.45) is 0. The second-order valence-electron chi connectivity index (χ2n) is 7.28. The van der Waals surface area contributed by atoms with Gasteiger partial charge in [0.05, 0.1) is 0 Å². The predicted octanol–water partition coefficient (Wildman–Crippen LogP) is 8.12. The Morgan fingerprint density at radius 1 is 0.433 bits per heavy atom. The van der Waals surface area contributed by atoms with E-state index in [1.807, 2.05) is 30.3 Å². The van der Waals surface area contributed by atoms with Crippen LogP contribution < -0.4 is 0 Å². The van der Waals surface area contributed by atoms with Gasteiger partial charge in [0.1, 0.15) is 11.6 Å². The topological polar surface area (TPSA) is 0 Å². The molecule has 0 fully saturated rings. The van der Waals surface area contributed by atoms with Crippen LogP contribution in [-0.4, -0.2) is 0 Å². The summed E-state index contributed by atoms with van der Waals surface area (Å²) in [6, 6.07) is 33.7. The number of fused-ring (bicyclic) bond motifs is 1. The second kappa shape index (κ2) is 7.57. The molecule has 5 aromatic carbocycles. The highest BCUT2D eigenvalue weighted by molar-refractivity contribution is 6.09. The Morgan fingerprint density at radius 2 is 0.967 bits per heavy atom. The van der Waals surface area contributed by atoms with E-state index in [1.165, 1.54) is 24.3 Å². The van der Waals surface area contributed by atoms with Crippen LogP contribution >= 0.6 is 0 Å². The fourth-order valence-corrected chi connectivity index (χ4v) is 4.03. The molecule has 0 saturated heterocycles. The van der Waals surface area contributed by atoms with Crippen molar-refractivity contribution in [3.8, 4) is 33.4 Å². The summed E-state index contributed by atoms with van der Waals surface area (Å²) >= 11 is 0. The molecule has 0 aromatic heterocycles. The van der Waals surface area contributed by atoms with Crippen LogP contribution in [0, 0.1) is 11.6 Å². The van der Waals surface area contributed by atoms with Crippen molar-refractivity contribution in [3.63, 3.8) is 0 Å². The Morgan fingerprint density at radius 3 is 1.60 bits per heavy atom. The molecule has 0 nitrogen and oxygen atoms in total. The number of halogens is 2. The molecule has 0 N–H and O–H groups in total. The molecule has 0 unspecified atom stereocenters. The number of benzene rings is 5. The van der Waals surface area contributed by atoms with E-state index in [4.69, 9.17) is 0 Å². The van der Waals surface area contributed by atoms with Gasteiger partial charge in [-0.1, -0.05) is 78.9 Å². The fourth-order valence-electron chi connectivity index (χ4n) is 4.03. The van der Waals surface area contributed by atoms with Crippen molar-refractivity contribution < 1.29 is 8.78 Å². The van der Waals surface area contributed by atoms with E-state index >= 15 is 0 Å². The molecular formula is C28H18F2. The molecule has 144 valence electrons. The van der Waals surface area contributed by atoms with Crippen LogP contribution in [0.4, 0.5) is 8.78 Å².